The molecule has 1 fully saturated rings. The fourth-order valence-electron chi connectivity index (χ4n) is 2.51. The molecule has 0 radical (unpaired) electrons. The molecule has 2 rings (SSSR count). The lowest BCUT2D eigenvalue weighted by atomic mass is 9.90. The number of thiazole rings is 1. The van der Waals surface area contributed by atoms with Crippen molar-refractivity contribution in [3.8, 4) is 0 Å². The van der Waals surface area contributed by atoms with Gasteiger partial charge in [-0.25, -0.2) is 4.98 Å². The van der Waals surface area contributed by atoms with E-state index in [4.69, 9.17) is 0 Å². The number of nitrogens with zero attached hydrogens (tertiary/aromatic N) is 2. The van der Waals surface area contributed by atoms with Gasteiger partial charge in [-0.1, -0.05) is 0 Å². The van der Waals surface area contributed by atoms with E-state index in [1.54, 1.807) is 11.3 Å². The second kappa shape index (κ2) is 5.05. The van der Waals surface area contributed by atoms with Crippen molar-refractivity contribution < 1.29 is 0 Å². The van der Waals surface area contributed by atoms with Crippen LogP contribution in [0.3, 0.4) is 0 Å². The number of nitrogens with one attached hydrogen (secondary N) is 1. The van der Waals surface area contributed by atoms with Gasteiger partial charge in [-0.2, -0.15) is 0 Å². The fraction of sp³-hybridized carbons (Fsp3) is 0.727. The van der Waals surface area contributed by atoms with Gasteiger partial charge in [0.2, 0.25) is 0 Å². The number of rotatable bonds is 3. The molecule has 0 saturated carbocycles. The highest BCUT2D eigenvalue weighted by Crippen LogP contribution is 2.35. The Labute approximate surface area is 95.5 Å². The predicted molar refractivity (Wildman–Crippen MR) is 64.1 cm³/mol. The van der Waals surface area contributed by atoms with Crippen molar-refractivity contribution in [3.63, 3.8) is 0 Å². The van der Waals surface area contributed by atoms with Crippen molar-refractivity contribution in [1.82, 2.24) is 15.2 Å². The molecule has 0 aliphatic carbocycles. The Morgan fingerprint density at radius 2 is 2.53 bits per heavy atom. The first-order valence-electron chi connectivity index (χ1n) is 5.57. The first kappa shape index (κ1) is 11.0. The monoisotopic (exact) mass is 225 g/mol. The summed E-state index contributed by atoms with van der Waals surface area (Å²) >= 11 is 1.78. The van der Waals surface area contributed by atoms with E-state index in [9.17, 15) is 0 Å². The largest absolute Gasteiger partial charge is 0.319 e. The van der Waals surface area contributed by atoms with Gasteiger partial charge in [0.1, 0.15) is 5.01 Å². The third-order valence-corrected chi connectivity index (χ3v) is 4.02. The second-order valence-corrected chi connectivity index (χ2v) is 5.18. The maximum atomic E-state index is 4.47. The molecule has 84 valence electrons. The highest BCUT2D eigenvalue weighted by molar-refractivity contribution is 7.09. The van der Waals surface area contributed by atoms with Gasteiger partial charge < -0.3 is 5.32 Å². The third kappa shape index (κ3) is 2.38. The Hall–Kier alpha value is -0.450. The summed E-state index contributed by atoms with van der Waals surface area (Å²) in [6.07, 6.45) is 4.54. The van der Waals surface area contributed by atoms with Crippen LogP contribution < -0.4 is 5.32 Å². The Balaban J connectivity index is 2.15. The number of piperidine rings is 1. The van der Waals surface area contributed by atoms with Crippen molar-refractivity contribution >= 4 is 11.3 Å². The van der Waals surface area contributed by atoms with Gasteiger partial charge in [-0.3, -0.25) is 4.90 Å². The van der Waals surface area contributed by atoms with Gasteiger partial charge >= 0.3 is 0 Å². The molecule has 1 aliphatic rings. The Morgan fingerprint density at radius 1 is 1.67 bits per heavy atom. The van der Waals surface area contributed by atoms with Crippen molar-refractivity contribution in [1.29, 1.82) is 0 Å². The van der Waals surface area contributed by atoms with Crippen molar-refractivity contribution in [3.05, 3.63) is 16.6 Å². The standard InChI is InChI=1S/C11H19N3S/c1-12-8-9-4-3-6-14(2)10(9)11-13-5-7-15-11/h5,7,9-10,12H,3-4,6,8H2,1-2H3. The van der Waals surface area contributed by atoms with E-state index in [2.05, 4.69) is 27.6 Å². The molecule has 1 aromatic rings. The van der Waals surface area contributed by atoms with E-state index in [1.165, 1.54) is 24.4 Å². The van der Waals surface area contributed by atoms with Crippen LogP contribution in [0.2, 0.25) is 0 Å². The van der Waals surface area contributed by atoms with Gasteiger partial charge in [-0.15, -0.1) is 11.3 Å². The van der Waals surface area contributed by atoms with Crippen molar-refractivity contribution in [2.75, 3.05) is 27.2 Å². The molecule has 3 nitrogen and oxygen atoms in total. The van der Waals surface area contributed by atoms with E-state index in [0.29, 0.717) is 12.0 Å². The van der Waals surface area contributed by atoms with Gasteiger partial charge in [0.25, 0.3) is 0 Å². The molecule has 1 aromatic heterocycles. The third-order valence-electron chi connectivity index (χ3n) is 3.18. The molecule has 0 aromatic carbocycles. The molecular weight excluding hydrogens is 206 g/mol. The highest BCUT2D eigenvalue weighted by Gasteiger charge is 2.31. The quantitative estimate of drug-likeness (QED) is 0.849. The highest BCUT2D eigenvalue weighted by atomic mass is 32.1. The Bertz CT molecular complexity index is 284. The summed E-state index contributed by atoms with van der Waals surface area (Å²) in [5.41, 5.74) is 0. The second-order valence-electron chi connectivity index (χ2n) is 4.26. The van der Waals surface area contributed by atoms with E-state index >= 15 is 0 Å². The lowest BCUT2D eigenvalue weighted by molar-refractivity contribution is 0.120. The molecule has 4 heteroatoms. The van der Waals surface area contributed by atoms with Gasteiger partial charge in [0.05, 0.1) is 6.04 Å². The molecule has 1 N–H and O–H groups in total. The fourth-order valence-corrected chi connectivity index (χ4v) is 3.40. The Kier molecular flexibility index (Phi) is 3.72. The lowest BCUT2D eigenvalue weighted by Crippen LogP contribution is -2.39. The summed E-state index contributed by atoms with van der Waals surface area (Å²) in [6.45, 7) is 2.29. The first-order chi connectivity index (χ1) is 7.33. The summed E-state index contributed by atoms with van der Waals surface area (Å²) in [4.78, 5) is 6.92. The normalized spacial score (nSPS) is 28.1. The average molecular weight is 225 g/mol. The summed E-state index contributed by atoms with van der Waals surface area (Å²) < 4.78 is 0. The molecule has 1 aliphatic heterocycles. The maximum absolute atomic E-state index is 4.47. The minimum Gasteiger partial charge on any atom is -0.319 e. The van der Waals surface area contributed by atoms with E-state index < -0.39 is 0 Å². The van der Waals surface area contributed by atoms with Crippen LogP contribution in [0.5, 0.6) is 0 Å². The van der Waals surface area contributed by atoms with Gasteiger partial charge in [0, 0.05) is 11.6 Å². The van der Waals surface area contributed by atoms with Gasteiger partial charge in [-0.05, 0) is 45.9 Å². The summed E-state index contributed by atoms with van der Waals surface area (Å²) in [6, 6.07) is 0.520. The predicted octanol–water partition coefficient (Wildman–Crippen LogP) is 1.75. The molecule has 0 amide bonds. The van der Waals surface area contributed by atoms with Crippen LogP contribution >= 0.6 is 11.3 Å². The van der Waals surface area contributed by atoms with Crippen molar-refractivity contribution in [2.45, 2.75) is 18.9 Å². The van der Waals surface area contributed by atoms with Crippen LogP contribution in [0, 0.1) is 5.92 Å². The molecule has 0 bridgehead atoms. The zero-order valence-corrected chi connectivity index (χ0v) is 10.3. The summed E-state index contributed by atoms with van der Waals surface area (Å²) in [5.74, 6) is 0.708. The molecular formula is C11H19N3S. The smallest absolute Gasteiger partial charge is 0.110 e. The maximum Gasteiger partial charge on any atom is 0.110 e. The van der Waals surface area contributed by atoms with E-state index in [1.807, 2.05) is 13.2 Å². The van der Waals surface area contributed by atoms with Crippen molar-refractivity contribution in [2.24, 2.45) is 5.92 Å². The van der Waals surface area contributed by atoms with Crippen LogP contribution in [0.4, 0.5) is 0 Å². The average Bonchev–Trinajstić information content (AvgIpc) is 2.71. The number of likely N-dealkylation sites (tertiary alicyclic amines) is 1. The Morgan fingerprint density at radius 3 is 3.20 bits per heavy atom. The minimum atomic E-state index is 0.520. The number of hydrogen-bond donors (Lipinski definition) is 1. The van der Waals surface area contributed by atoms with Crippen LogP contribution in [-0.2, 0) is 0 Å². The molecule has 0 spiro atoms. The van der Waals surface area contributed by atoms with E-state index in [-0.39, 0.29) is 0 Å². The van der Waals surface area contributed by atoms with Crippen LogP contribution in [0.15, 0.2) is 11.6 Å². The zero-order valence-electron chi connectivity index (χ0n) is 9.44. The molecule has 1 saturated heterocycles. The topological polar surface area (TPSA) is 28.2 Å². The molecule has 2 unspecified atom stereocenters. The summed E-state index contributed by atoms with van der Waals surface area (Å²) in [7, 11) is 4.25. The number of aromatic nitrogens is 1. The SMILES string of the molecule is CNCC1CCCN(C)C1c1nccs1. The first-order valence-corrected chi connectivity index (χ1v) is 6.45. The molecule has 15 heavy (non-hydrogen) atoms. The van der Waals surface area contributed by atoms with Crippen LogP contribution in [-0.4, -0.2) is 37.1 Å². The lowest BCUT2D eigenvalue weighted by Gasteiger charge is -2.38. The van der Waals surface area contributed by atoms with Crippen LogP contribution in [0.1, 0.15) is 23.9 Å². The van der Waals surface area contributed by atoms with Gasteiger partial charge in [0.15, 0.2) is 0 Å². The number of hydrogen-bond acceptors (Lipinski definition) is 4. The minimum absolute atomic E-state index is 0.520. The molecule has 2 heterocycles. The zero-order chi connectivity index (χ0) is 10.7. The molecule has 2 atom stereocenters. The van der Waals surface area contributed by atoms with Crippen LogP contribution in [0.25, 0.3) is 0 Å². The summed E-state index contributed by atoms with van der Waals surface area (Å²) in [5, 5.41) is 6.65. The van der Waals surface area contributed by atoms with E-state index in [0.717, 1.165) is 6.54 Å².